The molecule has 1 saturated heterocycles. The normalized spacial score (nSPS) is 20.5. The average Bonchev–Trinajstić information content (AvgIpc) is 3.25. The highest BCUT2D eigenvalue weighted by atomic mass is 16.5. The van der Waals surface area contributed by atoms with Gasteiger partial charge in [0.1, 0.15) is 11.4 Å². The van der Waals surface area contributed by atoms with E-state index in [2.05, 4.69) is 36.6 Å². The fraction of sp³-hybridized carbons (Fsp3) is 0.409. The van der Waals surface area contributed by atoms with Gasteiger partial charge in [-0.25, -0.2) is 0 Å². The molecule has 2 N–H and O–H groups in total. The zero-order valence-electron chi connectivity index (χ0n) is 15.5. The average molecular weight is 350 g/mol. The molecule has 0 aromatic heterocycles. The van der Waals surface area contributed by atoms with E-state index in [0.717, 1.165) is 42.8 Å². The lowest BCUT2D eigenvalue weighted by atomic mass is 9.96. The maximum Gasteiger partial charge on any atom is 0.251 e. The number of hydrogen-bond acceptors (Lipinski definition) is 3. The van der Waals surface area contributed by atoms with Gasteiger partial charge in [-0.15, -0.1) is 0 Å². The maximum atomic E-state index is 12.6. The number of carbonyl (C=O) groups excluding carboxylic acids is 1. The molecule has 26 heavy (non-hydrogen) atoms. The second-order valence-electron chi connectivity index (χ2n) is 7.98. The molecule has 2 aromatic carbocycles. The van der Waals surface area contributed by atoms with E-state index < -0.39 is 0 Å². The molecule has 136 valence electrons. The van der Waals surface area contributed by atoms with Crippen LogP contribution in [0.1, 0.15) is 53.2 Å². The molecule has 4 nitrogen and oxygen atoms in total. The van der Waals surface area contributed by atoms with Crippen molar-refractivity contribution in [1.82, 2.24) is 10.6 Å². The number of amides is 1. The van der Waals surface area contributed by atoms with E-state index in [-0.39, 0.29) is 11.5 Å². The van der Waals surface area contributed by atoms with Gasteiger partial charge in [-0.05, 0) is 67.6 Å². The molecule has 2 heterocycles. The van der Waals surface area contributed by atoms with Gasteiger partial charge >= 0.3 is 0 Å². The van der Waals surface area contributed by atoms with Crippen LogP contribution >= 0.6 is 0 Å². The van der Waals surface area contributed by atoms with E-state index in [0.29, 0.717) is 12.5 Å². The van der Waals surface area contributed by atoms with Crippen molar-refractivity contribution in [2.24, 2.45) is 0 Å². The third-order valence-corrected chi connectivity index (χ3v) is 5.26. The van der Waals surface area contributed by atoms with Gasteiger partial charge in [0, 0.05) is 25.1 Å². The predicted molar refractivity (Wildman–Crippen MR) is 103 cm³/mol. The van der Waals surface area contributed by atoms with Crippen molar-refractivity contribution in [3.63, 3.8) is 0 Å². The first kappa shape index (κ1) is 17.1. The largest absolute Gasteiger partial charge is 0.487 e. The van der Waals surface area contributed by atoms with Crippen LogP contribution in [0, 0.1) is 0 Å². The molecular formula is C22H26N2O2. The summed E-state index contributed by atoms with van der Waals surface area (Å²) >= 11 is 0. The summed E-state index contributed by atoms with van der Waals surface area (Å²) in [6.07, 6.45) is 2.04. The van der Waals surface area contributed by atoms with Gasteiger partial charge < -0.3 is 15.4 Å². The number of nitrogens with one attached hydrogen (secondary N) is 2. The minimum Gasteiger partial charge on any atom is -0.487 e. The Hall–Kier alpha value is -2.33. The van der Waals surface area contributed by atoms with Gasteiger partial charge in [-0.1, -0.05) is 24.3 Å². The van der Waals surface area contributed by atoms with Gasteiger partial charge in [-0.2, -0.15) is 0 Å². The molecule has 2 aliphatic rings. The molecule has 4 heteroatoms. The van der Waals surface area contributed by atoms with Crippen molar-refractivity contribution in [3.05, 3.63) is 64.7 Å². The Morgan fingerprint density at radius 2 is 2.15 bits per heavy atom. The monoisotopic (exact) mass is 350 g/mol. The molecule has 0 unspecified atom stereocenters. The second-order valence-corrected chi connectivity index (χ2v) is 7.98. The zero-order chi connectivity index (χ0) is 18.1. The molecule has 0 aliphatic carbocycles. The van der Waals surface area contributed by atoms with Crippen LogP contribution in [-0.4, -0.2) is 24.6 Å². The standard InChI is InChI=1S/C22H26N2O2/c1-22(2)12-19-10-15(6-7-20(19)26-22)13-24-21(25)17-5-3-4-16(11-17)18-8-9-23-14-18/h3-7,10-11,18,23H,8-9,12-14H2,1-2H3,(H,24,25)/t18-/m1/s1. The molecule has 1 atom stereocenters. The number of ether oxygens (including phenoxy) is 1. The third kappa shape index (κ3) is 3.61. The van der Waals surface area contributed by atoms with Gasteiger partial charge in [0.15, 0.2) is 0 Å². The second kappa shape index (κ2) is 6.76. The van der Waals surface area contributed by atoms with Gasteiger partial charge in [0.05, 0.1) is 0 Å². The number of benzene rings is 2. The fourth-order valence-electron chi connectivity index (χ4n) is 3.93. The molecule has 1 amide bonds. The smallest absolute Gasteiger partial charge is 0.251 e. The van der Waals surface area contributed by atoms with Crippen molar-refractivity contribution in [3.8, 4) is 5.75 Å². The third-order valence-electron chi connectivity index (χ3n) is 5.26. The van der Waals surface area contributed by atoms with E-state index >= 15 is 0 Å². The molecular weight excluding hydrogens is 324 g/mol. The van der Waals surface area contributed by atoms with Gasteiger partial charge in [0.25, 0.3) is 5.91 Å². The Morgan fingerprint density at radius 1 is 1.27 bits per heavy atom. The summed E-state index contributed by atoms with van der Waals surface area (Å²) in [6.45, 7) is 6.78. The van der Waals surface area contributed by atoms with Crippen LogP contribution in [0.5, 0.6) is 5.75 Å². The summed E-state index contributed by atoms with van der Waals surface area (Å²) in [6, 6.07) is 14.2. The lowest BCUT2D eigenvalue weighted by Gasteiger charge is -2.16. The summed E-state index contributed by atoms with van der Waals surface area (Å²) in [5, 5.41) is 6.43. The first-order valence-electron chi connectivity index (χ1n) is 9.40. The maximum absolute atomic E-state index is 12.6. The number of hydrogen-bond donors (Lipinski definition) is 2. The highest BCUT2D eigenvalue weighted by Crippen LogP contribution is 2.35. The Morgan fingerprint density at radius 3 is 2.96 bits per heavy atom. The minimum absolute atomic E-state index is 0.0186. The lowest BCUT2D eigenvalue weighted by Crippen LogP contribution is -2.24. The van der Waals surface area contributed by atoms with E-state index in [1.807, 2.05) is 30.3 Å². The van der Waals surface area contributed by atoms with E-state index in [4.69, 9.17) is 4.74 Å². The SMILES string of the molecule is CC1(C)Cc2cc(CNC(=O)c3cccc([C@@H]4CCNC4)c3)ccc2O1. The number of fused-ring (bicyclic) bond motifs is 1. The fourth-order valence-corrected chi connectivity index (χ4v) is 3.93. The van der Waals surface area contributed by atoms with E-state index in [9.17, 15) is 4.79 Å². The molecule has 0 bridgehead atoms. The van der Waals surface area contributed by atoms with Gasteiger partial charge in [0.2, 0.25) is 0 Å². The summed E-state index contributed by atoms with van der Waals surface area (Å²) in [7, 11) is 0. The van der Waals surface area contributed by atoms with Crippen LogP contribution in [-0.2, 0) is 13.0 Å². The van der Waals surface area contributed by atoms with Crippen molar-refractivity contribution in [1.29, 1.82) is 0 Å². The molecule has 2 aromatic rings. The zero-order valence-corrected chi connectivity index (χ0v) is 15.5. The molecule has 1 fully saturated rings. The van der Waals surface area contributed by atoms with E-state index in [1.54, 1.807) is 0 Å². The topological polar surface area (TPSA) is 50.4 Å². The van der Waals surface area contributed by atoms with Crippen LogP contribution in [0.2, 0.25) is 0 Å². The Kier molecular flexibility index (Phi) is 4.45. The highest BCUT2D eigenvalue weighted by molar-refractivity contribution is 5.94. The highest BCUT2D eigenvalue weighted by Gasteiger charge is 2.29. The lowest BCUT2D eigenvalue weighted by molar-refractivity contribution is 0.0950. The molecule has 4 rings (SSSR count). The van der Waals surface area contributed by atoms with E-state index in [1.165, 1.54) is 11.1 Å². The van der Waals surface area contributed by atoms with Crippen LogP contribution < -0.4 is 15.4 Å². The van der Waals surface area contributed by atoms with Crippen LogP contribution in [0.3, 0.4) is 0 Å². The van der Waals surface area contributed by atoms with Crippen molar-refractivity contribution in [2.75, 3.05) is 13.1 Å². The van der Waals surface area contributed by atoms with Crippen molar-refractivity contribution >= 4 is 5.91 Å². The van der Waals surface area contributed by atoms with Gasteiger partial charge in [-0.3, -0.25) is 4.79 Å². The first-order chi connectivity index (χ1) is 12.5. The van der Waals surface area contributed by atoms with Crippen LogP contribution in [0.15, 0.2) is 42.5 Å². The van der Waals surface area contributed by atoms with Crippen LogP contribution in [0.25, 0.3) is 0 Å². The molecule has 0 saturated carbocycles. The molecule has 0 radical (unpaired) electrons. The summed E-state index contributed by atoms with van der Waals surface area (Å²) < 4.78 is 5.91. The Bertz CT molecular complexity index is 823. The first-order valence-corrected chi connectivity index (χ1v) is 9.40. The summed E-state index contributed by atoms with van der Waals surface area (Å²) in [5.41, 5.74) is 4.17. The summed E-state index contributed by atoms with van der Waals surface area (Å²) in [5.74, 6) is 1.46. The minimum atomic E-state index is -0.139. The molecule has 2 aliphatic heterocycles. The number of rotatable bonds is 4. The molecule has 0 spiro atoms. The summed E-state index contributed by atoms with van der Waals surface area (Å²) in [4.78, 5) is 12.6. The number of carbonyl (C=O) groups is 1. The van der Waals surface area contributed by atoms with Crippen molar-refractivity contribution < 1.29 is 9.53 Å². The quantitative estimate of drug-likeness (QED) is 0.888. The predicted octanol–water partition coefficient (Wildman–Crippen LogP) is 3.41. The van der Waals surface area contributed by atoms with Crippen molar-refractivity contribution in [2.45, 2.75) is 44.8 Å². The Balaban J connectivity index is 1.41. The Labute approximate surface area is 155 Å². The van der Waals surface area contributed by atoms with Crippen LogP contribution in [0.4, 0.5) is 0 Å².